The first kappa shape index (κ1) is 19.0. The predicted molar refractivity (Wildman–Crippen MR) is 111 cm³/mol. The molecule has 0 aliphatic carbocycles. The molecular formula is C22H20N6O3. The van der Waals surface area contributed by atoms with Crippen LogP contribution in [-0.2, 0) is 0 Å². The van der Waals surface area contributed by atoms with Gasteiger partial charge in [0, 0.05) is 12.1 Å². The monoisotopic (exact) mass is 416 g/mol. The number of likely N-dealkylation sites (tertiary alicyclic amines) is 1. The van der Waals surface area contributed by atoms with Gasteiger partial charge in [0.15, 0.2) is 0 Å². The van der Waals surface area contributed by atoms with Crippen molar-refractivity contribution in [1.29, 1.82) is 0 Å². The van der Waals surface area contributed by atoms with Crippen LogP contribution in [0.25, 0.3) is 17.1 Å². The average Bonchev–Trinajstić information content (AvgIpc) is 3.45. The zero-order valence-electron chi connectivity index (χ0n) is 17.1. The van der Waals surface area contributed by atoms with Gasteiger partial charge in [-0.3, -0.25) is 4.79 Å². The van der Waals surface area contributed by atoms with Crippen LogP contribution in [0.2, 0.25) is 0 Å². The van der Waals surface area contributed by atoms with Gasteiger partial charge in [-0.15, -0.1) is 0 Å². The quantitative estimate of drug-likeness (QED) is 0.492. The van der Waals surface area contributed by atoms with Gasteiger partial charge < -0.3 is 14.2 Å². The number of methoxy groups -OCH3 is 1. The lowest BCUT2D eigenvalue weighted by Gasteiger charge is -2.38. The summed E-state index contributed by atoms with van der Waals surface area (Å²) in [6.45, 7) is 2.56. The minimum absolute atomic E-state index is 0.117. The fourth-order valence-corrected chi connectivity index (χ4v) is 3.63. The highest BCUT2D eigenvalue weighted by molar-refractivity contribution is 5.98. The average molecular weight is 416 g/mol. The van der Waals surface area contributed by atoms with E-state index in [-0.39, 0.29) is 11.9 Å². The molecule has 156 valence electrons. The molecule has 2 aromatic carbocycles. The Hall–Kier alpha value is -4.01. The fourth-order valence-electron chi connectivity index (χ4n) is 3.63. The SMILES string of the molecule is COc1cccc(-c2noc([C@@H]3CCN3C(=O)c3cc(C)ccc3-n3nccn3)n2)c1. The maximum atomic E-state index is 13.4. The number of hydrogen-bond donors (Lipinski definition) is 0. The Kier molecular flexibility index (Phi) is 4.70. The maximum Gasteiger partial charge on any atom is 0.256 e. The summed E-state index contributed by atoms with van der Waals surface area (Å²) in [5.74, 6) is 1.48. The summed E-state index contributed by atoms with van der Waals surface area (Å²) < 4.78 is 10.8. The number of amides is 1. The first-order chi connectivity index (χ1) is 15.1. The summed E-state index contributed by atoms with van der Waals surface area (Å²) in [5.41, 5.74) is 2.94. The third kappa shape index (κ3) is 3.43. The number of ether oxygens (including phenoxy) is 1. The molecule has 1 amide bonds. The van der Waals surface area contributed by atoms with Gasteiger partial charge in [-0.05, 0) is 37.6 Å². The Morgan fingerprint density at radius 2 is 2.00 bits per heavy atom. The smallest absolute Gasteiger partial charge is 0.256 e. The molecule has 0 N–H and O–H groups in total. The molecule has 2 aromatic heterocycles. The lowest BCUT2D eigenvalue weighted by atomic mass is 9.99. The molecule has 1 atom stereocenters. The largest absolute Gasteiger partial charge is 0.497 e. The van der Waals surface area contributed by atoms with E-state index in [0.717, 1.165) is 17.5 Å². The van der Waals surface area contributed by atoms with Crippen molar-refractivity contribution in [1.82, 2.24) is 30.0 Å². The highest BCUT2D eigenvalue weighted by atomic mass is 16.5. The van der Waals surface area contributed by atoms with Crippen LogP contribution in [0.1, 0.15) is 34.3 Å². The molecule has 4 aromatic rings. The van der Waals surface area contributed by atoms with E-state index < -0.39 is 0 Å². The summed E-state index contributed by atoms with van der Waals surface area (Å²) in [5, 5.41) is 12.4. The summed E-state index contributed by atoms with van der Waals surface area (Å²) in [7, 11) is 1.61. The molecule has 1 aliphatic heterocycles. The van der Waals surface area contributed by atoms with E-state index in [0.29, 0.717) is 35.3 Å². The highest BCUT2D eigenvalue weighted by Gasteiger charge is 2.39. The number of carbonyl (C=O) groups is 1. The summed E-state index contributed by atoms with van der Waals surface area (Å²) >= 11 is 0. The van der Waals surface area contributed by atoms with Crippen LogP contribution < -0.4 is 4.74 Å². The fraction of sp³-hybridized carbons (Fsp3) is 0.227. The molecule has 0 spiro atoms. The van der Waals surface area contributed by atoms with Gasteiger partial charge in [-0.25, -0.2) is 0 Å². The van der Waals surface area contributed by atoms with Crippen LogP contribution in [0.4, 0.5) is 0 Å². The predicted octanol–water partition coefficient (Wildman–Crippen LogP) is 3.22. The zero-order valence-corrected chi connectivity index (χ0v) is 17.1. The first-order valence-corrected chi connectivity index (χ1v) is 9.90. The van der Waals surface area contributed by atoms with E-state index in [4.69, 9.17) is 9.26 Å². The third-order valence-electron chi connectivity index (χ3n) is 5.35. The van der Waals surface area contributed by atoms with Crippen LogP contribution in [-0.4, -0.2) is 49.6 Å². The molecule has 0 radical (unpaired) electrons. The van der Waals surface area contributed by atoms with Gasteiger partial charge in [-0.2, -0.15) is 20.0 Å². The van der Waals surface area contributed by atoms with Crippen molar-refractivity contribution in [3.05, 3.63) is 71.9 Å². The van der Waals surface area contributed by atoms with Gasteiger partial charge in [-0.1, -0.05) is 28.9 Å². The van der Waals surface area contributed by atoms with Crippen molar-refractivity contribution in [3.8, 4) is 22.8 Å². The second-order valence-corrected chi connectivity index (χ2v) is 7.33. The highest BCUT2D eigenvalue weighted by Crippen LogP contribution is 2.35. The second-order valence-electron chi connectivity index (χ2n) is 7.33. The van der Waals surface area contributed by atoms with E-state index in [1.807, 2.05) is 49.4 Å². The van der Waals surface area contributed by atoms with Crippen molar-refractivity contribution in [2.24, 2.45) is 0 Å². The zero-order chi connectivity index (χ0) is 21.4. The van der Waals surface area contributed by atoms with Gasteiger partial charge in [0.05, 0.1) is 30.8 Å². The van der Waals surface area contributed by atoms with E-state index >= 15 is 0 Å². The van der Waals surface area contributed by atoms with Crippen molar-refractivity contribution < 1.29 is 14.1 Å². The number of rotatable bonds is 5. The van der Waals surface area contributed by atoms with Crippen molar-refractivity contribution in [3.63, 3.8) is 0 Å². The van der Waals surface area contributed by atoms with Crippen molar-refractivity contribution in [2.45, 2.75) is 19.4 Å². The molecule has 0 saturated carbocycles. The molecular weight excluding hydrogens is 396 g/mol. The summed E-state index contributed by atoms with van der Waals surface area (Å²) in [4.78, 5) is 21.1. The lowest BCUT2D eigenvalue weighted by molar-refractivity contribution is 0.0378. The van der Waals surface area contributed by atoms with Gasteiger partial charge in [0.25, 0.3) is 5.91 Å². The van der Waals surface area contributed by atoms with E-state index in [2.05, 4.69) is 20.3 Å². The van der Waals surface area contributed by atoms with E-state index in [1.165, 1.54) is 4.80 Å². The standard InChI is InChI=1S/C22H20N6O3/c1-14-6-7-18(28-23-9-10-24-28)17(12-14)22(29)27-11-8-19(27)21-25-20(26-31-21)15-4-3-5-16(13-15)30-2/h3-7,9-10,12-13,19H,8,11H2,1-2H3/t19-/m0/s1. The maximum absolute atomic E-state index is 13.4. The summed E-state index contributed by atoms with van der Waals surface area (Å²) in [6, 6.07) is 12.8. The number of carbonyl (C=O) groups excluding carboxylic acids is 1. The van der Waals surface area contributed by atoms with Crippen LogP contribution in [0.5, 0.6) is 5.75 Å². The second kappa shape index (κ2) is 7.67. The third-order valence-corrected chi connectivity index (χ3v) is 5.35. The molecule has 3 heterocycles. The van der Waals surface area contributed by atoms with E-state index in [9.17, 15) is 4.79 Å². The molecule has 1 saturated heterocycles. The van der Waals surface area contributed by atoms with Crippen LogP contribution >= 0.6 is 0 Å². The topological polar surface area (TPSA) is 99.2 Å². The van der Waals surface area contributed by atoms with Crippen molar-refractivity contribution >= 4 is 5.91 Å². The molecule has 1 fully saturated rings. The molecule has 0 bridgehead atoms. The number of aromatic nitrogens is 5. The lowest BCUT2D eigenvalue weighted by Crippen LogP contribution is -2.45. The molecule has 9 nitrogen and oxygen atoms in total. The Bertz CT molecular complexity index is 1230. The number of benzene rings is 2. The Morgan fingerprint density at radius 1 is 1.16 bits per heavy atom. The minimum atomic E-state index is -0.265. The molecule has 1 aliphatic rings. The van der Waals surface area contributed by atoms with Crippen LogP contribution in [0.3, 0.4) is 0 Å². The van der Waals surface area contributed by atoms with Crippen molar-refractivity contribution in [2.75, 3.05) is 13.7 Å². The number of aryl methyl sites for hydroxylation is 1. The number of nitrogens with zero attached hydrogens (tertiary/aromatic N) is 6. The van der Waals surface area contributed by atoms with Gasteiger partial charge >= 0.3 is 0 Å². The molecule has 5 rings (SSSR count). The van der Waals surface area contributed by atoms with Gasteiger partial charge in [0.2, 0.25) is 11.7 Å². The van der Waals surface area contributed by atoms with Crippen LogP contribution in [0.15, 0.2) is 59.4 Å². The van der Waals surface area contributed by atoms with E-state index in [1.54, 1.807) is 24.4 Å². The summed E-state index contributed by atoms with van der Waals surface area (Å²) in [6.07, 6.45) is 3.92. The van der Waals surface area contributed by atoms with Gasteiger partial charge in [0.1, 0.15) is 11.8 Å². The Balaban J connectivity index is 1.42. The number of hydrogen-bond acceptors (Lipinski definition) is 7. The molecule has 9 heteroatoms. The van der Waals surface area contributed by atoms with Crippen LogP contribution in [0, 0.1) is 6.92 Å². The molecule has 0 unspecified atom stereocenters. The molecule has 31 heavy (non-hydrogen) atoms. The minimum Gasteiger partial charge on any atom is -0.497 e. The first-order valence-electron chi connectivity index (χ1n) is 9.90. The normalized spacial score (nSPS) is 15.5. The Labute approximate surface area is 178 Å². The Morgan fingerprint density at radius 3 is 2.74 bits per heavy atom.